The van der Waals surface area contributed by atoms with Gasteiger partial charge in [0.1, 0.15) is 5.69 Å². The van der Waals surface area contributed by atoms with Crippen LogP contribution in [-0.4, -0.2) is 34.6 Å². The number of carbonyl (C=O) groups is 2. The van der Waals surface area contributed by atoms with Crippen LogP contribution in [-0.2, 0) is 16.0 Å². The first-order chi connectivity index (χ1) is 11.1. The number of hydrogen-bond donors (Lipinski definition) is 4. The largest absolute Gasteiger partial charge is 0.394 e. The second-order valence-electron chi connectivity index (χ2n) is 4.92. The minimum atomic E-state index is -0.965. The van der Waals surface area contributed by atoms with Crippen LogP contribution in [0.5, 0.6) is 0 Å². The van der Waals surface area contributed by atoms with E-state index in [1.165, 1.54) is 18.5 Å². The van der Waals surface area contributed by atoms with Crippen molar-refractivity contribution in [2.45, 2.75) is 12.5 Å². The lowest BCUT2D eigenvalue weighted by Crippen LogP contribution is -2.45. The highest BCUT2D eigenvalue weighted by Gasteiger charge is 2.19. The number of amides is 2. The second kappa shape index (κ2) is 7.90. The van der Waals surface area contributed by atoms with Crippen LogP contribution in [0.1, 0.15) is 5.56 Å². The van der Waals surface area contributed by atoms with Crippen LogP contribution >= 0.6 is 0 Å². The van der Waals surface area contributed by atoms with Gasteiger partial charge in [-0.15, -0.1) is 0 Å². The summed E-state index contributed by atoms with van der Waals surface area (Å²) in [5.74, 6) is -1.88. The highest BCUT2D eigenvalue weighted by molar-refractivity contribution is 6.39. The predicted octanol–water partition coefficient (Wildman–Crippen LogP) is 0.0332. The zero-order valence-electron chi connectivity index (χ0n) is 12.3. The van der Waals surface area contributed by atoms with Gasteiger partial charge in [0, 0.05) is 18.5 Å². The molecular formula is C16H17N3O4. The highest BCUT2D eigenvalue weighted by Crippen LogP contribution is 2.03. The summed E-state index contributed by atoms with van der Waals surface area (Å²) < 4.78 is 0. The summed E-state index contributed by atoms with van der Waals surface area (Å²) in [6.45, 7) is -0.306. The van der Waals surface area contributed by atoms with Crippen molar-refractivity contribution in [3.63, 3.8) is 0 Å². The van der Waals surface area contributed by atoms with Gasteiger partial charge in [0.2, 0.25) is 5.43 Å². The van der Waals surface area contributed by atoms with E-state index in [4.69, 9.17) is 0 Å². The zero-order valence-corrected chi connectivity index (χ0v) is 12.3. The molecule has 120 valence electrons. The Labute approximate surface area is 132 Å². The number of pyridine rings is 1. The Kier molecular flexibility index (Phi) is 5.65. The molecule has 0 bridgehead atoms. The Morgan fingerprint density at radius 1 is 1.13 bits per heavy atom. The zero-order chi connectivity index (χ0) is 16.7. The first kappa shape index (κ1) is 16.4. The molecule has 0 spiro atoms. The molecule has 0 aliphatic heterocycles. The lowest BCUT2D eigenvalue weighted by molar-refractivity contribution is -0.136. The number of hydrogen-bond acceptors (Lipinski definition) is 4. The van der Waals surface area contributed by atoms with Crippen LogP contribution in [0.25, 0.3) is 0 Å². The monoisotopic (exact) mass is 315 g/mol. The molecule has 1 aromatic heterocycles. The number of nitrogens with one attached hydrogen (secondary N) is 3. The number of aromatic amines is 1. The Morgan fingerprint density at radius 3 is 2.52 bits per heavy atom. The molecule has 1 atom stereocenters. The van der Waals surface area contributed by atoms with Gasteiger partial charge < -0.3 is 20.7 Å². The second-order valence-corrected chi connectivity index (χ2v) is 4.92. The third-order valence-electron chi connectivity index (χ3n) is 3.16. The molecule has 2 amide bonds. The van der Waals surface area contributed by atoms with E-state index >= 15 is 0 Å². The molecule has 0 unspecified atom stereocenters. The fourth-order valence-electron chi connectivity index (χ4n) is 2.00. The first-order valence-corrected chi connectivity index (χ1v) is 7.04. The van der Waals surface area contributed by atoms with E-state index in [9.17, 15) is 19.5 Å². The van der Waals surface area contributed by atoms with Crippen LogP contribution in [0.4, 0.5) is 5.69 Å². The predicted molar refractivity (Wildman–Crippen MR) is 84.9 cm³/mol. The third kappa shape index (κ3) is 4.79. The van der Waals surface area contributed by atoms with Gasteiger partial charge in [0.05, 0.1) is 12.6 Å². The first-order valence-electron chi connectivity index (χ1n) is 7.04. The Morgan fingerprint density at radius 2 is 1.87 bits per heavy atom. The topological polar surface area (TPSA) is 111 Å². The van der Waals surface area contributed by atoms with Crippen molar-refractivity contribution in [1.29, 1.82) is 0 Å². The van der Waals surface area contributed by atoms with Crippen molar-refractivity contribution < 1.29 is 14.7 Å². The van der Waals surface area contributed by atoms with Crippen molar-refractivity contribution in [2.24, 2.45) is 0 Å². The van der Waals surface area contributed by atoms with Crippen LogP contribution < -0.4 is 16.1 Å². The molecule has 0 aliphatic carbocycles. The lowest BCUT2D eigenvalue weighted by atomic mass is 10.1. The minimum Gasteiger partial charge on any atom is -0.394 e. The van der Waals surface area contributed by atoms with Crippen LogP contribution in [0.2, 0.25) is 0 Å². The van der Waals surface area contributed by atoms with Gasteiger partial charge in [-0.05, 0) is 12.0 Å². The van der Waals surface area contributed by atoms with Crippen molar-refractivity contribution in [3.05, 3.63) is 64.6 Å². The molecule has 1 heterocycles. The van der Waals surface area contributed by atoms with Crippen molar-refractivity contribution in [1.82, 2.24) is 10.3 Å². The molecule has 7 nitrogen and oxygen atoms in total. The average molecular weight is 315 g/mol. The van der Waals surface area contributed by atoms with Crippen molar-refractivity contribution in [2.75, 3.05) is 11.9 Å². The smallest absolute Gasteiger partial charge is 0.313 e. The van der Waals surface area contributed by atoms with Crippen LogP contribution in [0, 0.1) is 0 Å². The van der Waals surface area contributed by atoms with Gasteiger partial charge in [-0.2, -0.15) is 0 Å². The van der Waals surface area contributed by atoms with Gasteiger partial charge in [0.25, 0.3) is 0 Å². The van der Waals surface area contributed by atoms with Crippen LogP contribution in [0.15, 0.2) is 53.6 Å². The van der Waals surface area contributed by atoms with E-state index in [0.29, 0.717) is 6.42 Å². The molecular weight excluding hydrogens is 298 g/mol. The van der Waals surface area contributed by atoms with E-state index < -0.39 is 23.3 Å². The van der Waals surface area contributed by atoms with Crippen molar-refractivity contribution in [3.8, 4) is 0 Å². The molecule has 2 aromatic rings. The fraction of sp³-hybridized carbons (Fsp3) is 0.188. The normalized spacial score (nSPS) is 11.5. The Hall–Kier alpha value is -2.93. The van der Waals surface area contributed by atoms with E-state index in [1.807, 2.05) is 30.3 Å². The average Bonchev–Trinajstić information content (AvgIpc) is 2.57. The lowest BCUT2D eigenvalue weighted by Gasteiger charge is -2.16. The van der Waals surface area contributed by atoms with Gasteiger partial charge >= 0.3 is 11.8 Å². The number of benzene rings is 1. The van der Waals surface area contributed by atoms with E-state index in [-0.39, 0.29) is 12.3 Å². The van der Waals surface area contributed by atoms with Gasteiger partial charge in [-0.3, -0.25) is 14.4 Å². The fourth-order valence-corrected chi connectivity index (χ4v) is 2.00. The van der Waals surface area contributed by atoms with E-state index in [0.717, 1.165) is 5.56 Å². The quantitative estimate of drug-likeness (QED) is 0.583. The standard InChI is InChI=1S/C16H17N3O4/c20-10-12(8-11-4-2-1-3-5-11)18-15(22)16(23)19-13-9-17-7-6-14(13)21/h1-7,9,12,20H,8,10H2,(H,17,21)(H,18,22)(H,19,23)/t12-/m1/s1. The molecule has 0 fully saturated rings. The number of aliphatic hydroxyl groups is 1. The van der Waals surface area contributed by atoms with Crippen LogP contribution in [0.3, 0.4) is 0 Å². The molecule has 4 N–H and O–H groups in total. The maximum absolute atomic E-state index is 11.9. The van der Waals surface area contributed by atoms with E-state index in [2.05, 4.69) is 15.6 Å². The summed E-state index contributed by atoms with van der Waals surface area (Å²) in [6, 6.07) is 9.92. The molecule has 0 aliphatic rings. The number of anilines is 1. The minimum absolute atomic E-state index is 0.0174. The summed E-state index contributed by atoms with van der Waals surface area (Å²) in [4.78, 5) is 37.8. The molecule has 1 aromatic carbocycles. The van der Waals surface area contributed by atoms with Crippen molar-refractivity contribution >= 4 is 17.5 Å². The van der Waals surface area contributed by atoms with Gasteiger partial charge in [-0.25, -0.2) is 0 Å². The SMILES string of the molecule is O=C(Nc1c[nH]ccc1=O)C(=O)N[C@@H](CO)Cc1ccccc1. The maximum atomic E-state index is 11.9. The number of aliphatic hydroxyl groups excluding tert-OH is 1. The number of carbonyl (C=O) groups excluding carboxylic acids is 2. The molecule has 0 radical (unpaired) electrons. The Bertz CT molecular complexity index is 727. The van der Waals surface area contributed by atoms with Gasteiger partial charge in [-0.1, -0.05) is 30.3 Å². The third-order valence-corrected chi connectivity index (χ3v) is 3.16. The molecule has 0 saturated heterocycles. The maximum Gasteiger partial charge on any atom is 0.313 e. The summed E-state index contributed by atoms with van der Waals surface area (Å²) in [5, 5.41) is 14.0. The summed E-state index contributed by atoms with van der Waals surface area (Å²) in [7, 11) is 0. The molecule has 23 heavy (non-hydrogen) atoms. The summed E-state index contributed by atoms with van der Waals surface area (Å²) in [5.41, 5.74) is 0.496. The highest BCUT2D eigenvalue weighted by atomic mass is 16.3. The number of aromatic nitrogens is 1. The summed E-state index contributed by atoms with van der Waals surface area (Å²) >= 11 is 0. The number of H-pyrrole nitrogens is 1. The molecule has 0 saturated carbocycles. The number of rotatable bonds is 5. The van der Waals surface area contributed by atoms with E-state index in [1.54, 1.807) is 0 Å². The summed E-state index contributed by atoms with van der Waals surface area (Å²) in [6.07, 6.45) is 3.10. The van der Waals surface area contributed by atoms with Gasteiger partial charge in [0.15, 0.2) is 0 Å². The molecule has 2 rings (SSSR count). The molecule has 7 heteroatoms. The Balaban J connectivity index is 1.95.